The molecule has 2 amide bonds. The number of nitrogens with zero attached hydrogens (tertiary/aromatic N) is 4. The lowest BCUT2D eigenvalue weighted by atomic mass is 10.1. The Hall–Kier alpha value is -3.65. The Morgan fingerprint density at radius 3 is 2.74 bits per heavy atom. The Bertz CT molecular complexity index is 1460. The number of amides is 2. The molecule has 2 fully saturated rings. The summed E-state index contributed by atoms with van der Waals surface area (Å²) >= 11 is 1.55. The monoisotopic (exact) mass is 483 g/mol. The van der Waals surface area contributed by atoms with Gasteiger partial charge in [-0.05, 0) is 49.8 Å². The van der Waals surface area contributed by atoms with Crippen molar-refractivity contribution in [2.75, 3.05) is 13.1 Å². The Morgan fingerprint density at radius 1 is 1.09 bits per heavy atom. The molecule has 35 heavy (non-hydrogen) atoms. The second-order valence-corrected chi connectivity index (χ2v) is 10.6. The Morgan fingerprint density at radius 2 is 1.91 bits per heavy atom. The van der Waals surface area contributed by atoms with Crippen LogP contribution in [0, 0.1) is 25.7 Å². The number of rotatable bonds is 5. The number of aromatic nitrogens is 3. The molecule has 0 unspecified atom stereocenters. The zero-order valence-corrected chi connectivity index (χ0v) is 20.4. The number of piperidine rings is 1. The smallest absolute Gasteiger partial charge is 0.274 e. The number of carbonyl (C=O) groups is 2. The van der Waals surface area contributed by atoms with Crippen molar-refractivity contribution >= 4 is 34.2 Å². The quantitative estimate of drug-likeness (QED) is 0.458. The first-order chi connectivity index (χ1) is 17.0. The van der Waals surface area contributed by atoms with Crippen LogP contribution in [0.2, 0.25) is 0 Å². The number of fused-ring (bicyclic) bond motifs is 2. The topological polar surface area (TPSA) is 88.1 Å². The first-order valence-corrected chi connectivity index (χ1v) is 12.6. The summed E-state index contributed by atoms with van der Waals surface area (Å²) < 4.78 is 0. The Kier molecular flexibility index (Phi) is 5.33. The zero-order valence-electron chi connectivity index (χ0n) is 19.6. The van der Waals surface area contributed by atoms with Crippen LogP contribution in [0.5, 0.6) is 0 Å². The first kappa shape index (κ1) is 21.9. The van der Waals surface area contributed by atoms with Crippen molar-refractivity contribution in [2.24, 2.45) is 11.8 Å². The van der Waals surface area contributed by atoms with E-state index < -0.39 is 0 Å². The van der Waals surface area contributed by atoms with Crippen molar-refractivity contribution in [2.45, 2.75) is 26.3 Å². The average Bonchev–Trinajstić information content (AvgIpc) is 3.38. The maximum absolute atomic E-state index is 13.7. The van der Waals surface area contributed by atoms with Crippen LogP contribution >= 0.6 is 11.3 Å². The fourth-order valence-electron chi connectivity index (χ4n) is 5.11. The minimum Gasteiger partial charge on any atom is -0.349 e. The number of aryl methyl sites for hydroxylation is 2. The largest absolute Gasteiger partial charge is 0.349 e. The normalized spacial score (nSPS) is 20.6. The maximum atomic E-state index is 13.7. The second-order valence-electron chi connectivity index (χ2n) is 9.42. The zero-order chi connectivity index (χ0) is 24.1. The number of hydrogen-bond acceptors (Lipinski definition) is 6. The van der Waals surface area contributed by atoms with E-state index in [4.69, 9.17) is 0 Å². The Balaban J connectivity index is 1.21. The van der Waals surface area contributed by atoms with Gasteiger partial charge in [-0.15, -0.1) is 11.3 Å². The molecule has 1 N–H and O–H groups in total. The Labute approximate surface area is 207 Å². The van der Waals surface area contributed by atoms with Gasteiger partial charge in [-0.1, -0.05) is 42.0 Å². The number of para-hydroxylation sites is 2. The van der Waals surface area contributed by atoms with Crippen LogP contribution in [0.15, 0.2) is 54.7 Å². The summed E-state index contributed by atoms with van der Waals surface area (Å²) in [5.74, 6) is 0.597. The highest BCUT2D eigenvalue weighted by Crippen LogP contribution is 2.50. The van der Waals surface area contributed by atoms with E-state index in [1.165, 1.54) is 6.20 Å². The van der Waals surface area contributed by atoms with Crippen molar-refractivity contribution < 1.29 is 9.59 Å². The van der Waals surface area contributed by atoms with Crippen molar-refractivity contribution in [3.8, 4) is 10.4 Å². The van der Waals surface area contributed by atoms with E-state index in [0.29, 0.717) is 36.1 Å². The highest BCUT2D eigenvalue weighted by atomic mass is 32.1. The summed E-state index contributed by atoms with van der Waals surface area (Å²) in [5.41, 5.74) is 4.39. The van der Waals surface area contributed by atoms with Crippen LogP contribution in [0.25, 0.3) is 21.5 Å². The molecule has 3 heterocycles. The number of benzene rings is 2. The predicted octanol–water partition coefficient (Wildman–Crippen LogP) is 4.26. The van der Waals surface area contributed by atoms with Crippen LogP contribution in [-0.4, -0.2) is 50.8 Å². The van der Waals surface area contributed by atoms with Gasteiger partial charge in [0.1, 0.15) is 11.4 Å². The molecular weight excluding hydrogens is 458 g/mol. The maximum Gasteiger partial charge on any atom is 0.274 e. The summed E-state index contributed by atoms with van der Waals surface area (Å²) in [6.45, 7) is 5.09. The molecule has 1 saturated heterocycles. The lowest BCUT2D eigenvalue weighted by Gasteiger charge is -2.27. The molecule has 2 aromatic carbocycles. The standard InChI is InChI=1S/C27H25N5O2S/c1-15-6-5-7-17(10-15)25-24(30-16(2)35-25)27(34)32-14-18-11-19(18)23(32)13-29-26(33)22-12-28-20-8-3-4-9-21(20)31-22/h3-10,12,18-19,23H,11,13-14H2,1-2H3,(H,29,33)/t18-,19-,23-/m1/s1. The third kappa shape index (κ3) is 4.08. The molecule has 3 atom stereocenters. The molecule has 8 heteroatoms. The number of likely N-dealkylation sites (tertiary alicyclic amines) is 1. The van der Waals surface area contributed by atoms with Crippen LogP contribution in [0.4, 0.5) is 0 Å². The number of nitrogens with one attached hydrogen (secondary N) is 1. The van der Waals surface area contributed by atoms with E-state index in [2.05, 4.69) is 26.3 Å². The predicted molar refractivity (Wildman–Crippen MR) is 135 cm³/mol. The molecule has 4 aromatic rings. The minimum absolute atomic E-state index is 0.0442. The molecule has 1 saturated carbocycles. The highest BCUT2D eigenvalue weighted by molar-refractivity contribution is 7.15. The van der Waals surface area contributed by atoms with Gasteiger partial charge in [0.25, 0.3) is 11.8 Å². The lowest BCUT2D eigenvalue weighted by Crippen LogP contribution is -2.46. The molecule has 0 bridgehead atoms. The molecule has 2 aliphatic rings. The molecule has 2 aromatic heterocycles. The van der Waals surface area contributed by atoms with Gasteiger partial charge in [0, 0.05) is 13.1 Å². The lowest BCUT2D eigenvalue weighted by molar-refractivity contribution is 0.0690. The number of carbonyl (C=O) groups excluding carboxylic acids is 2. The van der Waals surface area contributed by atoms with Crippen molar-refractivity contribution in [1.82, 2.24) is 25.2 Å². The van der Waals surface area contributed by atoms with E-state index >= 15 is 0 Å². The van der Waals surface area contributed by atoms with E-state index in [0.717, 1.165) is 32.9 Å². The summed E-state index contributed by atoms with van der Waals surface area (Å²) in [6, 6.07) is 15.6. The van der Waals surface area contributed by atoms with Crippen molar-refractivity contribution in [3.05, 3.63) is 76.7 Å². The number of hydrogen-bond donors (Lipinski definition) is 1. The van der Waals surface area contributed by atoms with Crippen LogP contribution in [0.3, 0.4) is 0 Å². The van der Waals surface area contributed by atoms with Crippen molar-refractivity contribution in [3.63, 3.8) is 0 Å². The van der Waals surface area contributed by atoms with Gasteiger partial charge < -0.3 is 10.2 Å². The molecular formula is C27H25N5O2S. The van der Waals surface area contributed by atoms with Gasteiger partial charge in [-0.25, -0.2) is 9.97 Å². The SMILES string of the molecule is Cc1cccc(-c2sc(C)nc2C(=O)N2C[C@H]3C[C@H]3[C@H]2CNC(=O)c2cnc3ccccc3n2)c1. The summed E-state index contributed by atoms with van der Waals surface area (Å²) in [7, 11) is 0. The molecule has 0 radical (unpaired) electrons. The van der Waals surface area contributed by atoms with Gasteiger partial charge in [0.05, 0.1) is 33.2 Å². The first-order valence-electron chi connectivity index (χ1n) is 11.8. The summed E-state index contributed by atoms with van der Waals surface area (Å²) in [5, 5.41) is 3.87. The molecule has 6 rings (SSSR count). The van der Waals surface area contributed by atoms with Gasteiger partial charge in [0.2, 0.25) is 0 Å². The second kappa shape index (κ2) is 8.53. The summed E-state index contributed by atoms with van der Waals surface area (Å²) in [4.78, 5) is 42.8. The fourth-order valence-corrected chi connectivity index (χ4v) is 6.02. The van der Waals surface area contributed by atoms with Crippen molar-refractivity contribution in [1.29, 1.82) is 0 Å². The van der Waals surface area contributed by atoms with Gasteiger partial charge >= 0.3 is 0 Å². The van der Waals surface area contributed by atoms with Crippen LogP contribution in [-0.2, 0) is 0 Å². The third-order valence-corrected chi connectivity index (χ3v) is 7.95. The van der Waals surface area contributed by atoms with Gasteiger partial charge in [0.15, 0.2) is 0 Å². The van der Waals surface area contributed by atoms with E-state index in [1.54, 1.807) is 11.3 Å². The average molecular weight is 484 g/mol. The molecule has 7 nitrogen and oxygen atoms in total. The van der Waals surface area contributed by atoms with Gasteiger partial charge in [-0.2, -0.15) is 0 Å². The molecule has 176 valence electrons. The van der Waals surface area contributed by atoms with E-state index in [9.17, 15) is 9.59 Å². The third-order valence-electron chi connectivity index (χ3n) is 6.93. The molecule has 1 aliphatic heterocycles. The minimum atomic E-state index is -0.273. The highest BCUT2D eigenvalue weighted by Gasteiger charge is 2.54. The number of thiazole rings is 1. The fraction of sp³-hybridized carbons (Fsp3) is 0.296. The van der Waals surface area contributed by atoms with Crippen LogP contribution < -0.4 is 5.32 Å². The van der Waals surface area contributed by atoms with Gasteiger partial charge in [-0.3, -0.25) is 14.6 Å². The molecule has 1 aliphatic carbocycles. The molecule has 0 spiro atoms. The van der Waals surface area contributed by atoms with Crippen LogP contribution in [0.1, 0.15) is 38.0 Å². The van der Waals surface area contributed by atoms with E-state index in [1.807, 2.05) is 61.2 Å². The van der Waals surface area contributed by atoms with E-state index in [-0.39, 0.29) is 23.6 Å². The summed E-state index contributed by atoms with van der Waals surface area (Å²) in [6.07, 6.45) is 2.60.